The molecule has 0 spiro atoms. The Morgan fingerprint density at radius 1 is 1.27 bits per heavy atom. The van der Waals surface area contributed by atoms with E-state index in [1.807, 2.05) is 0 Å². The number of rotatable bonds is 7. The van der Waals surface area contributed by atoms with Crippen molar-refractivity contribution in [2.24, 2.45) is 0 Å². The molecular formula is C12H21NNaO7S. The molecule has 0 aliphatic heterocycles. The van der Waals surface area contributed by atoms with Gasteiger partial charge >= 0.3 is 5.97 Å². The topological polar surface area (TPSA) is 130 Å². The normalized spacial score (nSPS) is 10.2. The van der Waals surface area contributed by atoms with Crippen molar-refractivity contribution in [2.45, 2.75) is 19.4 Å². The van der Waals surface area contributed by atoms with Crippen LogP contribution in [0.2, 0.25) is 0 Å². The molecule has 0 aromatic rings. The molecule has 0 fully saturated rings. The number of ether oxygens (including phenoxy) is 1. The Balaban J connectivity index is -0.000000348. The Kier molecular flexibility index (Phi) is 15.2. The van der Waals surface area contributed by atoms with Crippen molar-refractivity contribution < 1.29 is 32.4 Å². The van der Waals surface area contributed by atoms with Gasteiger partial charge in [0.2, 0.25) is 5.91 Å². The molecule has 0 aliphatic carbocycles. The molecule has 0 aromatic heterocycles. The standard InChI is InChI=1S/C7H13NO4S.C5H8O3.Na/c1-4-6(9)8-7(2,3)5-13(10,11)12;1-2-5(7)8-4-3-6;/h4H,1,5H2,2-3H3,(H,8,9)(H,10,11,12);2,6H,1,3-4H2;. The minimum Gasteiger partial charge on any atom is -0.460 e. The first kappa shape index (κ1) is 26.2. The second-order valence-electron chi connectivity index (χ2n) is 4.40. The molecule has 0 aliphatic rings. The smallest absolute Gasteiger partial charge is 0.330 e. The van der Waals surface area contributed by atoms with Crippen LogP contribution >= 0.6 is 0 Å². The van der Waals surface area contributed by atoms with E-state index in [9.17, 15) is 18.0 Å². The van der Waals surface area contributed by atoms with E-state index in [1.165, 1.54) is 13.8 Å². The van der Waals surface area contributed by atoms with E-state index in [4.69, 9.17) is 9.66 Å². The minimum atomic E-state index is -4.08. The average molecular weight is 346 g/mol. The first-order chi connectivity index (χ1) is 9.47. The zero-order valence-corrected chi connectivity index (χ0v) is 15.9. The molecule has 8 nitrogen and oxygen atoms in total. The summed E-state index contributed by atoms with van der Waals surface area (Å²) < 4.78 is 33.9. The Hall–Kier alpha value is -0.710. The van der Waals surface area contributed by atoms with Gasteiger partial charge in [-0.05, 0) is 19.9 Å². The molecule has 123 valence electrons. The van der Waals surface area contributed by atoms with E-state index in [-0.39, 0.29) is 42.8 Å². The Morgan fingerprint density at radius 2 is 1.77 bits per heavy atom. The van der Waals surface area contributed by atoms with Crippen molar-refractivity contribution in [2.75, 3.05) is 19.0 Å². The number of carbonyl (C=O) groups excluding carboxylic acids is 2. The van der Waals surface area contributed by atoms with Crippen molar-refractivity contribution in [3.63, 3.8) is 0 Å². The largest absolute Gasteiger partial charge is 0.460 e. The summed E-state index contributed by atoms with van der Waals surface area (Å²) in [6, 6.07) is 0. The number of aliphatic hydroxyl groups is 1. The van der Waals surface area contributed by atoms with E-state index in [0.717, 1.165) is 12.2 Å². The van der Waals surface area contributed by atoms with Crippen LogP contribution in [0.15, 0.2) is 25.3 Å². The van der Waals surface area contributed by atoms with Gasteiger partial charge in [-0.25, -0.2) is 4.79 Å². The summed E-state index contributed by atoms with van der Waals surface area (Å²) in [5, 5.41) is 10.5. The van der Waals surface area contributed by atoms with Gasteiger partial charge in [-0.2, -0.15) is 8.42 Å². The van der Waals surface area contributed by atoms with E-state index in [1.54, 1.807) is 0 Å². The van der Waals surface area contributed by atoms with Gasteiger partial charge in [-0.3, -0.25) is 9.35 Å². The molecule has 0 aromatic carbocycles. The van der Waals surface area contributed by atoms with Crippen molar-refractivity contribution in [3.05, 3.63) is 25.3 Å². The number of hydrogen-bond donors (Lipinski definition) is 3. The maximum Gasteiger partial charge on any atom is 0.330 e. The van der Waals surface area contributed by atoms with Crippen LogP contribution in [0.4, 0.5) is 0 Å². The van der Waals surface area contributed by atoms with Crippen molar-refractivity contribution >= 4 is 51.6 Å². The summed E-state index contributed by atoms with van der Waals surface area (Å²) in [4.78, 5) is 20.9. The predicted molar refractivity (Wildman–Crippen MR) is 82.8 cm³/mol. The summed E-state index contributed by atoms with van der Waals surface area (Å²) in [5.74, 6) is -1.51. The SMILES string of the molecule is C=CC(=O)NC(C)(C)CS(=O)(=O)O.C=CC(=O)OCCO.[Na]. The third kappa shape index (κ3) is 19.3. The van der Waals surface area contributed by atoms with Crippen molar-refractivity contribution in [1.82, 2.24) is 5.32 Å². The molecule has 0 atom stereocenters. The summed E-state index contributed by atoms with van der Waals surface area (Å²) in [5.41, 5.74) is -1.00. The molecule has 0 unspecified atom stereocenters. The van der Waals surface area contributed by atoms with E-state index < -0.39 is 33.3 Å². The second-order valence-corrected chi connectivity index (χ2v) is 5.85. The van der Waals surface area contributed by atoms with Crippen LogP contribution in [-0.4, -0.2) is 84.0 Å². The van der Waals surface area contributed by atoms with Gasteiger partial charge in [-0.1, -0.05) is 13.2 Å². The zero-order chi connectivity index (χ0) is 17.1. The zero-order valence-electron chi connectivity index (χ0n) is 13.0. The first-order valence-electron chi connectivity index (χ1n) is 5.77. The number of carbonyl (C=O) groups is 2. The first-order valence-corrected chi connectivity index (χ1v) is 7.38. The molecule has 0 bridgehead atoms. The minimum absolute atomic E-state index is 0. The molecular weight excluding hydrogens is 325 g/mol. The number of esters is 1. The van der Waals surface area contributed by atoms with Crippen LogP contribution in [0, 0.1) is 0 Å². The monoisotopic (exact) mass is 346 g/mol. The molecule has 22 heavy (non-hydrogen) atoms. The van der Waals surface area contributed by atoms with Crippen LogP contribution in [0.5, 0.6) is 0 Å². The maximum atomic E-state index is 10.8. The molecule has 3 N–H and O–H groups in total. The molecule has 0 rings (SSSR count). The molecule has 0 heterocycles. The third-order valence-electron chi connectivity index (χ3n) is 1.69. The van der Waals surface area contributed by atoms with Gasteiger partial charge in [-0.15, -0.1) is 0 Å². The number of hydrogen-bond acceptors (Lipinski definition) is 6. The van der Waals surface area contributed by atoms with Crippen LogP contribution in [0.25, 0.3) is 0 Å². The predicted octanol–water partition coefficient (Wildman–Crippen LogP) is -0.718. The number of amides is 1. The molecule has 0 saturated heterocycles. The van der Waals surface area contributed by atoms with Gasteiger partial charge in [0.25, 0.3) is 10.1 Å². The number of nitrogens with one attached hydrogen (secondary N) is 1. The summed E-state index contributed by atoms with van der Waals surface area (Å²) in [6.07, 6.45) is 2.08. The number of aliphatic hydroxyl groups excluding tert-OH is 1. The quantitative estimate of drug-likeness (QED) is 0.240. The van der Waals surface area contributed by atoms with Crippen molar-refractivity contribution in [3.8, 4) is 0 Å². The van der Waals surface area contributed by atoms with Crippen LogP contribution < -0.4 is 5.32 Å². The Bertz CT molecular complexity index is 474. The van der Waals surface area contributed by atoms with E-state index in [2.05, 4.69) is 23.2 Å². The van der Waals surface area contributed by atoms with E-state index in [0.29, 0.717) is 0 Å². The van der Waals surface area contributed by atoms with Gasteiger partial charge < -0.3 is 15.2 Å². The molecule has 10 heteroatoms. The van der Waals surface area contributed by atoms with Gasteiger partial charge in [0.15, 0.2) is 0 Å². The fourth-order valence-electron chi connectivity index (χ4n) is 1.08. The van der Waals surface area contributed by atoms with Gasteiger partial charge in [0.1, 0.15) is 6.61 Å². The van der Waals surface area contributed by atoms with Gasteiger partial charge in [0, 0.05) is 35.6 Å². The molecule has 1 amide bonds. The Labute approximate surface area is 152 Å². The third-order valence-corrected chi connectivity index (χ3v) is 2.78. The van der Waals surface area contributed by atoms with Crippen LogP contribution in [0.1, 0.15) is 13.8 Å². The second kappa shape index (κ2) is 12.8. The fourth-order valence-corrected chi connectivity index (χ4v) is 2.07. The van der Waals surface area contributed by atoms with Crippen LogP contribution in [-0.2, 0) is 24.4 Å². The summed E-state index contributed by atoms with van der Waals surface area (Å²) in [7, 11) is -4.08. The molecule has 0 saturated carbocycles. The van der Waals surface area contributed by atoms with Crippen LogP contribution in [0.3, 0.4) is 0 Å². The average Bonchev–Trinajstić information content (AvgIpc) is 2.32. The van der Waals surface area contributed by atoms with Crippen molar-refractivity contribution in [1.29, 1.82) is 0 Å². The summed E-state index contributed by atoms with van der Waals surface area (Å²) in [6.45, 7) is 9.26. The fraction of sp³-hybridized carbons (Fsp3) is 0.500. The molecule has 1 radical (unpaired) electrons. The summed E-state index contributed by atoms with van der Waals surface area (Å²) >= 11 is 0. The van der Waals surface area contributed by atoms with Gasteiger partial charge in [0.05, 0.1) is 17.9 Å². The van der Waals surface area contributed by atoms with E-state index >= 15 is 0 Å². The maximum absolute atomic E-state index is 10.8. The Morgan fingerprint density at radius 3 is 2.09 bits per heavy atom.